The molecule has 0 fully saturated rings. The molecule has 2 aromatic heterocycles. The summed E-state index contributed by atoms with van der Waals surface area (Å²) in [4.78, 5) is 21.2. The number of rotatable bonds is 6. The average Bonchev–Trinajstić information content (AvgIpc) is 2.87. The summed E-state index contributed by atoms with van der Waals surface area (Å²) in [5.74, 6) is -0.318. The van der Waals surface area contributed by atoms with Crippen molar-refractivity contribution in [3.05, 3.63) is 58.7 Å². The van der Waals surface area contributed by atoms with Crippen molar-refractivity contribution in [1.29, 1.82) is 0 Å². The predicted molar refractivity (Wildman–Crippen MR) is 94.2 cm³/mol. The van der Waals surface area contributed by atoms with Gasteiger partial charge in [0, 0.05) is 18.1 Å². The van der Waals surface area contributed by atoms with Crippen LogP contribution in [0.1, 0.15) is 59.1 Å². The first-order valence-corrected chi connectivity index (χ1v) is 8.93. The summed E-state index contributed by atoms with van der Waals surface area (Å²) < 4.78 is 11.0. The molecular weight excluding hydrogens is 316 g/mol. The van der Waals surface area contributed by atoms with Gasteiger partial charge >= 0.3 is 5.97 Å². The van der Waals surface area contributed by atoms with Crippen LogP contribution >= 0.6 is 0 Å². The normalized spacial score (nSPS) is 13.8. The van der Waals surface area contributed by atoms with E-state index in [2.05, 4.69) is 4.98 Å². The molecule has 0 atom stereocenters. The Labute approximate surface area is 148 Å². The van der Waals surface area contributed by atoms with Gasteiger partial charge in [0.1, 0.15) is 0 Å². The van der Waals surface area contributed by atoms with Crippen LogP contribution in [0.5, 0.6) is 0 Å². The molecule has 25 heavy (non-hydrogen) atoms. The van der Waals surface area contributed by atoms with E-state index in [1.807, 2.05) is 25.1 Å². The van der Waals surface area contributed by atoms with E-state index in [4.69, 9.17) is 14.5 Å². The molecule has 132 valence electrons. The number of fused-ring (bicyclic) bond motifs is 1. The molecule has 2 aromatic rings. The summed E-state index contributed by atoms with van der Waals surface area (Å²) in [5.41, 5.74) is 4.48. The molecule has 5 heteroatoms. The van der Waals surface area contributed by atoms with Crippen LogP contribution in [0.4, 0.5) is 0 Å². The third-order valence-corrected chi connectivity index (χ3v) is 4.36. The Morgan fingerprint density at radius 3 is 2.88 bits per heavy atom. The zero-order valence-corrected chi connectivity index (χ0v) is 14.7. The molecule has 2 heterocycles. The Balaban J connectivity index is 1.79. The number of ether oxygens (including phenoxy) is 2. The zero-order valence-electron chi connectivity index (χ0n) is 14.7. The van der Waals surface area contributed by atoms with Crippen LogP contribution in [0.3, 0.4) is 0 Å². The van der Waals surface area contributed by atoms with E-state index in [1.165, 1.54) is 12.0 Å². The third kappa shape index (κ3) is 4.63. The standard InChI is InChI=1S/C20H24N2O3/c1-2-25-20(23)17-11-16-8-4-3-5-9-18(16)22-19(17)14-24-13-15-7-6-10-21-12-15/h6-7,10-12H,2-5,8-9,13-14H2,1H3. The second kappa shape index (κ2) is 8.72. The number of hydrogen-bond acceptors (Lipinski definition) is 5. The summed E-state index contributed by atoms with van der Waals surface area (Å²) >= 11 is 0. The van der Waals surface area contributed by atoms with Crippen LogP contribution in [0.25, 0.3) is 0 Å². The maximum absolute atomic E-state index is 12.3. The number of aryl methyl sites for hydroxylation is 2. The average molecular weight is 340 g/mol. The largest absolute Gasteiger partial charge is 0.462 e. The Hall–Kier alpha value is -2.27. The van der Waals surface area contributed by atoms with Gasteiger partial charge in [-0.2, -0.15) is 0 Å². The van der Waals surface area contributed by atoms with Gasteiger partial charge in [-0.1, -0.05) is 12.5 Å². The Bertz CT molecular complexity index is 716. The van der Waals surface area contributed by atoms with Crippen LogP contribution in [0.15, 0.2) is 30.6 Å². The highest BCUT2D eigenvalue weighted by Crippen LogP contribution is 2.23. The van der Waals surface area contributed by atoms with Crippen LogP contribution in [0.2, 0.25) is 0 Å². The summed E-state index contributed by atoms with van der Waals surface area (Å²) in [7, 11) is 0. The smallest absolute Gasteiger partial charge is 0.340 e. The van der Waals surface area contributed by atoms with Gasteiger partial charge in [0.15, 0.2) is 0 Å². The molecule has 0 aromatic carbocycles. The maximum atomic E-state index is 12.3. The number of hydrogen-bond donors (Lipinski definition) is 0. The Morgan fingerprint density at radius 2 is 2.08 bits per heavy atom. The Morgan fingerprint density at radius 1 is 1.20 bits per heavy atom. The summed E-state index contributed by atoms with van der Waals surface area (Å²) in [6.45, 7) is 2.89. The second-order valence-electron chi connectivity index (χ2n) is 6.22. The molecule has 5 nitrogen and oxygen atoms in total. The van der Waals surface area contributed by atoms with Crippen molar-refractivity contribution in [2.24, 2.45) is 0 Å². The van der Waals surface area contributed by atoms with Crippen LogP contribution in [-0.4, -0.2) is 22.5 Å². The molecule has 0 unspecified atom stereocenters. The molecule has 0 amide bonds. The van der Waals surface area contributed by atoms with Gasteiger partial charge in [-0.3, -0.25) is 9.97 Å². The summed E-state index contributed by atoms with van der Waals surface area (Å²) in [6.07, 6.45) is 8.95. The molecular formula is C20H24N2O3. The lowest BCUT2D eigenvalue weighted by molar-refractivity contribution is 0.0514. The van der Waals surface area contributed by atoms with E-state index in [0.29, 0.717) is 24.5 Å². The topological polar surface area (TPSA) is 61.3 Å². The molecule has 0 N–H and O–H groups in total. The molecule has 0 aliphatic heterocycles. The van der Waals surface area contributed by atoms with Crippen molar-refractivity contribution < 1.29 is 14.3 Å². The van der Waals surface area contributed by atoms with E-state index in [-0.39, 0.29) is 12.6 Å². The lowest BCUT2D eigenvalue weighted by Gasteiger charge is -2.13. The SMILES string of the molecule is CCOC(=O)c1cc2c(nc1COCc1cccnc1)CCCCC2. The maximum Gasteiger partial charge on any atom is 0.340 e. The van der Waals surface area contributed by atoms with E-state index in [9.17, 15) is 4.79 Å². The first kappa shape index (κ1) is 17.5. The summed E-state index contributed by atoms with van der Waals surface area (Å²) in [6, 6.07) is 5.81. The van der Waals surface area contributed by atoms with E-state index in [1.54, 1.807) is 12.4 Å². The number of aromatic nitrogens is 2. The quantitative estimate of drug-likeness (QED) is 0.593. The molecule has 0 saturated heterocycles. The van der Waals surface area contributed by atoms with E-state index >= 15 is 0 Å². The molecule has 3 rings (SSSR count). The highest BCUT2D eigenvalue weighted by molar-refractivity contribution is 5.90. The van der Waals surface area contributed by atoms with Gasteiger partial charge in [-0.25, -0.2) is 4.79 Å². The fraction of sp³-hybridized carbons (Fsp3) is 0.450. The molecule has 1 aliphatic carbocycles. The predicted octanol–water partition coefficient (Wildman–Crippen LogP) is 3.64. The minimum absolute atomic E-state index is 0.288. The Kier molecular flexibility index (Phi) is 6.12. The van der Waals surface area contributed by atoms with Crippen LogP contribution in [-0.2, 0) is 35.5 Å². The highest BCUT2D eigenvalue weighted by atomic mass is 16.5. The van der Waals surface area contributed by atoms with Crippen molar-refractivity contribution in [2.45, 2.75) is 52.2 Å². The molecule has 0 radical (unpaired) electrons. The van der Waals surface area contributed by atoms with E-state index < -0.39 is 0 Å². The molecule has 0 bridgehead atoms. The fourth-order valence-corrected chi connectivity index (χ4v) is 3.10. The summed E-state index contributed by atoms with van der Waals surface area (Å²) in [5, 5.41) is 0. The van der Waals surface area contributed by atoms with Crippen molar-refractivity contribution in [3.8, 4) is 0 Å². The van der Waals surface area contributed by atoms with Gasteiger partial charge in [0.25, 0.3) is 0 Å². The monoisotopic (exact) mass is 340 g/mol. The lowest BCUT2D eigenvalue weighted by Crippen LogP contribution is -2.14. The van der Waals surface area contributed by atoms with Crippen molar-refractivity contribution in [1.82, 2.24) is 9.97 Å². The van der Waals surface area contributed by atoms with E-state index in [0.717, 1.165) is 36.9 Å². The minimum atomic E-state index is -0.318. The minimum Gasteiger partial charge on any atom is -0.462 e. The number of carbonyl (C=O) groups excluding carboxylic acids is 1. The van der Waals surface area contributed by atoms with Gasteiger partial charge in [-0.05, 0) is 55.9 Å². The first-order valence-electron chi connectivity index (χ1n) is 8.93. The van der Waals surface area contributed by atoms with Crippen molar-refractivity contribution >= 4 is 5.97 Å². The molecule has 1 aliphatic rings. The second-order valence-corrected chi connectivity index (χ2v) is 6.22. The zero-order chi connectivity index (χ0) is 17.5. The number of pyridine rings is 2. The molecule has 0 saturated carbocycles. The van der Waals surface area contributed by atoms with Crippen molar-refractivity contribution in [2.75, 3.05) is 6.61 Å². The first-order chi connectivity index (χ1) is 12.3. The lowest BCUT2D eigenvalue weighted by atomic mass is 10.0. The van der Waals surface area contributed by atoms with Crippen molar-refractivity contribution in [3.63, 3.8) is 0 Å². The van der Waals surface area contributed by atoms with Gasteiger partial charge in [-0.15, -0.1) is 0 Å². The third-order valence-electron chi connectivity index (χ3n) is 4.36. The van der Waals surface area contributed by atoms with Gasteiger partial charge in [0.05, 0.1) is 31.1 Å². The van der Waals surface area contributed by atoms with Gasteiger partial charge in [0.2, 0.25) is 0 Å². The number of carbonyl (C=O) groups is 1. The highest BCUT2D eigenvalue weighted by Gasteiger charge is 2.19. The number of nitrogens with zero attached hydrogens (tertiary/aromatic N) is 2. The molecule has 0 spiro atoms. The van der Waals surface area contributed by atoms with Crippen LogP contribution < -0.4 is 0 Å². The fourth-order valence-electron chi connectivity index (χ4n) is 3.10. The number of esters is 1. The van der Waals surface area contributed by atoms with Gasteiger partial charge < -0.3 is 9.47 Å². The van der Waals surface area contributed by atoms with Crippen LogP contribution in [0, 0.1) is 0 Å².